The first-order valence-corrected chi connectivity index (χ1v) is 6.74. The highest BCUT2D eigenvalue weighted by atomic mass is 19.2. The normalized spacial score (nSPS) is 17.6. The van der Waals surface area contributed by atoms with Gasteiger partial charge in [-0.3, -0.25) is 4.79 Å². The number of para-hydroxylation sites is 1. The smallest absolute Gasteiger partial charge is 0.246 e. The predicted molar refractivity (Wildman–Crippen MR) is 77.2 cm³/mol. The molecule has 108 valence electrons. The molecule has 3 rings (SSSR count). The first-order chi connectivity index (χ1) is 10.1. The summed E-state index contributed by atoms with van der Waals surface area (Å²) in [5, 5.41) is 5.80. The number of hydrogen-bond acceptors (Lipinski definition) is 2. The van der Waals surface area contributed by atoms with Crippen LogP contribution >= 0.6 is 0 Å². The first kappa shape index (κ1) is 13.5. The lowest BCUT2D eigenvalue weighted by Gasteiger charge is -2.16. The summed E-state index contributed by atoms with van der Waals surface area (Å²) >= 11 is 0. The van der Waals surface area contributed by atoms with E-state index in [2.05, 4.69) is 10.6 Å². The molecule has 0 spiro atoms. The largest absolute Gasteiger partial charge is 0.374 e. The van der Waals surface area contributed by atoms with Gasteiger partial charge >= 0.3 is 0 Å². The summed E-state index contributed by atoms with van der Waals surface area (Å²) in [6.45, 7) is 0. The standard InChI is InChI=1S/C16H14F2N2O/c17-12-7-6-11(9-13(12)18)19-15-8-5-10-3-1-2-4-14(10)20-16(15)21/h1-4,6-7,9,15,19H,5,8H2,(H,20,21). The van der Waals surface area contributed by atoms with Crippen LogP contribution in [-0.4, -0.2) is 11.9 Å². The van der Waals surface area contributed by atoms with Gasteiger partial charge in [-0.25, -0.2) is 8.78 Å². The Kier molecular flexibility index (Phi) is 3.56. The number of carbonyl (C=O) groups excluding carboxylic acids is 1. The van der Waals surface area contributed by atoms with Crippen molar-refractivity contribution in [2.24, 2.45) is 0 Å². The van der Waals surface area contributed by atoms with Gasteiger partial charge < -0.3 is 10.6 Å². The van der Waals surface area contributed by atoms with Crippen LogP contribution in [0.4, 0.5) is 20.2 Å². The van der Waals surface area contributed by atoms with Gasteiger partial charge in [0.25, 0.3) is 0 Å². The van der Waals surface area contributed by atoms with E-state index in [9.17, 15) is 13.6 Å². The second-order valence-corrected chi connectivity index (χ2v) is 5.01. The Bertz CT molecular complexity index is 688. The molecule has 1 heterocycles. The average molecular weight is 288 g/mol. The van der Waals surface area contributed by atoms with Crippen LogP contribution in [0.25, 0.3) is 0 Å². The molecule has 21 heavy (non-hydrogen) atoms. The van der Waals surface area contributed by atoms with Gasteiger partial charge in [-0.2, -0.15) is 0 Å². The Labute approximate surface area is 121 Å². The topological polar surface area (TPSA) is 41.1 Å². The van der Waals surface area contributed by atoms with Gasteiger partial charge in [0.05, 0.1) is 0 Å². The molecule has 1 amide bonds. The molecule has 2 aromatic carbocycles. The van der Waals surface area contributed by atoms with Crippen LogP contribution in [-0.2, 0) is 11.2 Å². The fourth-order valence-corrected chi connectivity index (χ4v) is 2.44. The Balaban J connectivity index is 1.78. The highest BCUT2D eigenvalue weighted by molar-refractivity contribution is 5.97. The van der Waals surface area contributed by atoms with Crippen LogP contribution < -0.4 is 10.6 Å². The van der Waals surface area contributed by atoms with Gasteiger partial charge in [-0.05, 0) is 36.6 Å². The Morgan fingerprint density at radius 3 is 2.71 bits per heavy atom. The van der Waals surface area contributed by atoms with Gasteiger partial charge in [-0.1, -0.05) is 18.2 Å². The Hall–Kier alpha value is -2.43. The molecule has 0 bridgehead atoms. The number of aryl methyl sites for hydroxylation is 1. The summed E-state index contributed by atoms with van der Waals surface area (Å²) < 4.78 is 26.1. The van der Waals surface area contributed by atoms with Crippen molar-refractivity contribution in [1.82, 2.24) is 0 Å². The fraction of sp³-hybridized carbons (Fsp3) is 0.188. The molecule has 2 aromatic rings. The van der Waals surface area contributed by atoms with Crippen molar-refractivity contribution < 1.29 is 13.6 Å². The van der Waals surface area contributed by atoms with Crippen molar-refractivity contribution in [3.63, 3.8) is 0 Å². The molecule has 2 N–H and O–H groups in total. The molecule has 1 aliphatic heterocycles. The van der Waals surface area contributed by atoms with E-state index in [1.165, 1.54) is 6.07 Å². The monoisotopic (exact) mass is 288 g/mol. The van der Waals surface area contributed by atoms with Crippen LogP contribution in [0, 0.1) is 11.6 Å². The number of hydrogen-bond donors (Lipinski definition) is 2. The summed E-state index contributed by atoms with van der Waals surface area (Å²) in [7, 11) is 0. The zero-order valence-corrected chi connectivity index (χ0v) is 11.2. The lowest BCUT2D eigenvalue weighted by atomic mass is 10.1. The third-order valence-electron chi connectivity index (χ3n) is 3.55. The number of halogens is 2. The van der Waals surface area contributed by atoms with E-state index in [0.717, 1.165) is 29.8 Å². The van der Waals surface area contributed by atoms with Gasteiger partial charge in [0, 0.05) is 17.4 Å². The molecule has 0 aromatic heterocycles. The van der Waals surface area contributed by atoms with Crippen LogP contribution in [0.3, 0.4) is 0 Å². The van der Waals surface area contributed by atoms with Crippen molar-refractivity contribution >= 4 is 17.3 Å². The quantitative estimate of drug-likeness (QED) is 0.890. The number of nitrogens with one attached hydrogen (secondary N) is 2. The fourth-order valence-electron chi connectivity index (χ4n) is 2.44. The molecule has 0 saturated heterocycles. The molecular weight excluding hydrogens is 274 g/mol. The lowest BCUT2D eigenvalue weighted by molar-refractivity contribution is -0.116. The van der Waals surface area contributed by atoms with Crippen LogP contribution in [0.1, 0.15) is 12.0 Å². The molecule has 0 saturated carbocycles. The third kappa shape index (κ3) is 2.86. The molecule has 1 atom stereocenters. The highest BCUT2D eigenvalue weighted by Crippen LogP contribution is 2.23. The molecule has 1 aliphatic rings. The number of anilines is 2. The third-order valence-corrected chi connectivity index (χ3v) is 3.55. The summed E-state index contributed by atoms with van der Waals surface area (Å²) in [5.41, 5.74) is 2.26. The zero-order valence-electron chi connectivity index (χ0n) is 11.2. The minimum atomic E-state index is -0.933. The molecular formula is C16H14F2N2O. The van der Waals surface area contributed by atoms with E-state index in [1.54, 1.807) is 0 Å². The number of carbonyl (C=O) groups is 1. The second kappa shape index (κ2) is 5.52. The highest BCUT2D eigenvalue weighted by Gasteiger charge is 2.23. The zero-order chi connectivity index (χ0) is 14.8. The number of benzene rings is 2. The summed E-state index contributed by atoms with van der Waals surface area (Å²) in [5.74, 6) is -2.01. The van der Waals surface area contributed by atoms with Crippen molar-refractivity contribution in [2.75, 3.05) is 10.6 Å². The Morgan fingerprint density at radius 1 is 1.10 bits per heavy atom. The summed E-state index contributed by atoms with van der Waals surface area (Å²) in [6.07, 6.45) is 1.32. The predicted octanol–water partition coefficient (Wildman–Crippen LogP) is 3.33. The van der Waals surface area contributed by atoms with E-state index in [0.29, 0.717) is 12.1 Å². The van der Waals surface area contributed by atoms with Crippen molar-refractivity contribution in [3.8, 4) is 0 Å². The SMILES string of the molecule is O=C1Nc2ccccc2CCC1Nc1ccc(F)c(F)c1. The van der Waals surface area contributed by atoms with Gasteiger partial charge in [0.2, 0.25) is 5.91 Å². The molecule has 3 nitrogen and oxygen atoms in total. The number of rotatable bonds is 2. The van der Waals surface area contributed by atoms with E-state index < -0.39 is 17.7 Å². The van der Waals surface area contributed by atoms with Crippen molar-refractivity contribution in [3.05, 3.63) is 59.7 Å². The maximum atomic E-state index is 13.2. The molecule has 1 unspecified atom stereocenters. The maximum absolute atomic E-state index is 13.2. The second-order valence-electron chi connectivity index (χ2n) is 5.01. The first-order valence-electron chi connectivity index (χ1n) is 6.74. The molecule has 0 fully saturated rings. The number of amides is 1. The summed E-state index contributed by atoms with van der Waals surface area (Å²) in [6, 6.07) is 10.6. The molecule has 0 radical (unpaired) electrons. The van der Waals surface area contributed by atoms with E-state index in [4.69, 9.17) is 0 Å². The minimum absolute atomic E-state index is 0.176. The van der Waals surface area contributed by atoms with E-state index >= 15 is 0 Å². The molecule has 0 aliphatic carbocycles. The van der Waals surface area contributed by atoms with Gasteiger partial charge in [-0.15, -0.1) is 0 Å². The average Bonchev–Trinajstić information content (AvgIpc) is 2.63. The van der Waals surface area contributed by atoms with E-state index in [1.807, 2.05) is 24.3 Å². The maximum Gasteiger partial charge on any atom is 0.246 e. The van der Waals surface area contributed by atoms with Crippen LogP contribution in [0.15, 0.2) is 42.5 Å². The van der Waals surface area contributed by atoms with Gasteiger partial charge in [0.15, 0.2) is 11.6 Å². The molecule has 5 heteroatoms. The lowest BCUT2D eigenvalue weighted by Crippen LogP contribution is -2.33. The van der Waals surface area contributed by atoms with Gasteiger partial charge in [0.1, 0.15) is 6.04 Å². The Morgan fingerprint density at radius 2 is 1.90 bits per heavy atom. The van der Waals surface area contributed by atoms with Crippen LogP contribution in [0.2, 0.25) is 0 Å². The van der Waals surface area contributed by atoms with Crippen LogP contribution in [0.5, 0.6) is 0 Å². The van der Waals surface area contributed by atoms with Crippen molar-refractivity contribution in [1.29, 1.82) is 0 Å². The minimum Gasteiger partial charge on any atom is -0.374 e. The summed E-state index contributed by atoms with van der Waals surface area (Å²) in [4.78, 5) is 12.2. The number of fused-ring (bicyclic) bond motifs is 1. The van der Waals surface area contributed by atoms with E-state index in [-0.39, 0.29) is 5.91 Å². The van der Waals surface area contributed by atoms with Crippen molar-refractivity contribution in [2.45, 2.75) is 18.9 Å².